The summed E-state index contributed by atoms with van der Waals surface area (Å²) in [5, 5.41) is 14.3. The van der Waals surface area contributed by atoms with Crippen molar-refractivity contribution in [3.8, 4) is 5.75 Å². The van der Waals surface area contributed by atoms with E-state index in [1.54, 1.807) is 0 Å². The van der Waals surface area contributed by atoms with Gasteiger partial charge in [-0.1, -0.05) is 11.2 Å². The van der Waals surface area contributed by atoms with Crippen molar-refractivity contribution >= 4 is 0 Å². The zero-order valence-electron chi connectivity index (χ0n) is 14.7. The van der Waals surface area contributed by atoms with Crippen LogP contribution in [0.15, 0.2) is 28.8 Å². The molecule has 2 aromatic rings. The molecule has 130 valence electrons. The Bertz CT molecular complexity index is 663. The molecule has 1 aliphatic rings. The fourth-order valence-corrected chi connectivity index (χ4v) is 3.44. The van der Waals surface area contributed by atoms with Gasteiger partial charge in [0.05, 0.1) is 11.7 Å². The van der Waals surface area contributed by atoms with Crippen LogP contribution in [0.4, 0.5) is 0 Å². The number of aliphatic hydroxyl groups excluding tert-OH is 1. The molecule has 1 saturated heterocycles. The van der Waals surface area contributed by atoms with Crippen molar-refractivity contribution in [3.05, 3.63) is 46.8 Å². The van der Waals surface area contributed by atoms with E-state index < -0.39 is 6.10 Å². The molecule has 0 spiro atoms. The van der Waals surface area contributed by atoms with Crippen LogP contribution in [0, 0.1) is 20.8 Å². The molecule has 2 atom stereocenters. The molecule has 2 heterocycles. The van der Waals surface area contributed by atoms with E-state index in [0.29, 0.717) is 13.2 Å². The third-order valence-electron chi connectivity index (χ3n) is 4.42. The number of aromatic nitrogens is 1. The smallest absolute Gasteiger partial charge is 0.154 e. The van der Waals surface area contributed by atoms with Crippen molar-refractivity contribution in [2.45, 2.75) is 45.8 Å². The maximum atomic E-state index is 10.4. The number of hydrogen-bond acceptors (Lipinski definition) is 5. The summed E-state index contributed by atoms with van der Waals surface area (Å²) in [6, 6.07) is 8.30. The van der Waals surface area contributed by atoms with Crippen molar-refractivity contribution in [2.24, 2.45) is 0 Å². The topological polar surface area (TPSA) is 58.7 Å². The highest BCUT2D eigenvalue weighted by molar-refractivity contribution is 5.33. The molecule has 5 nitrogen and oxygen atoms in total. The minimum Gasteiger partial charge on any atom is -0.491 e. The molecule has 0 amide bonds. The van der Waals surface area contributed by atoms with Crippen LogP contribution >= 0.6 is 0 Å². The SMILES string of the molecule is Cc1cc(C)cc(OC[C@H](O)CN2CCC[C@H]2c2cc(C)no2)c1. The number of aliphatic hydroxyl groups is 1. The second-order valence-electron chi connectivity index (χ2n) is 6.81. The Labute approximate surface area is 143 Å². The van der Waals surface area contributed by atoms with E-state index in [1.807, 2.05) is 39.0 Å². The number of aryl methyl sites for hydroxylation is 3. The van der Waals surface area contributed by atoms with Crippen LogP contribution in [0.1, 0.15) is 41.5 Å². The van der Waals surface area contributed by atoms with Crippen molar-refractivity contribution < 1.29 is 14.4 Å². The Kier molecular flexibility index (Phi) is 5.21. The minimum absolute atomic E-state index is 0.210. The number of likely N-dealkylation sites (tertiary alicyclic amines) is 1. The first kappa shape index (κ1) is 17.0. The predicted molar refractivity (Wildman–Crippen MR) is 92.2 cm³/mol. The number of rotatable bonds is 6. The van der Waals surface area contributed by atoms with Gasteiger partial charge >= 0.3 is 0 Å². The summed E-state index contributed by atoms with van der Waals surface area (Å²) < 4.78 is 11.2. The maximum absolute atomic E-state index is 10.4. The van der Waals surface area contributed by atoms with Gasteiger partial charge in [0.2, 0.25) is 0 Å². The molecule has 0 saturated carbocycles. The van der Waals surface area contributed by atoms with Crippen molar-refractivity contribution in [2.75, 3.05) is 19.7 Å². The normalized spacial score (nSPS) is 19.6. The van der Waals surface area contributed by atoms with Gasteiger partial charge < -0.3 is 14.4 Å². The molecule has 1 aliphatic heterocycles. The molecule has 24 heavy (non-hydrogen) atoms. The van der Waals surface area contributed by atoms with Gasteiger partial charge in [0, 0.05) is 12.6 Å². The second kappa shape index (κ2) is 7.36. The number of ether oxygens (including phenoxy) is 1. The zero-order valence-corrected chi connectivity index (χ0v) is 14.7. The summed E-state index contributed by atoms with van der Waals surface area (Å²) >= 11 is 0. The second-order valence-corrected chi connectivity index (χ2v) is 6.81. The van der Waals surface area contributed by atoms with E-state index in [1.165, 1.54) is 11.1 Å². The monoisotopic (exact) mass is 330 g/mol. The molecule has 0 bridgehead atoms. The van der Waals surface area contributed by atoms with Gasteiger partial charge in [0.1, 0.15) is 18.5 Å². The van der Waals surface area contributed by atoms with Crippen LogP contribution in [0.3, 0.4) is 0 Å². The van der Waals surface area contributed by atoms with E-state index in [9.17, 15) is 5.11 Å². The summed E-state index contributed by atoms with van der Waals surface area (Å²) in [5.41, 5.74) is 3.23. The predicted octanol–water partition coefficient (Wildman–Crippen LogP) is 3.18. The third-order valence-corrected chi connectivity index (χ3v) is 4.42. The molecule has 5 heteroatoms. The molecular formula is C19H26N2O3. The lowest BCUT2D eigenvalue weighted by Gasteiger charge is -2.25. The Hall–Kier alpha value is -1.85. The number of hydrogen-bond donors (Lipinski definition) is 1. The zero-order chi connectivity index (χ0) is 17.1. The van der Waals surface area contributed by atoms with E-state index in [-0.39, 0.29) is 6.04 Å². The fourth-order valence-electron chi connectivity index (χ4n) is 3.44. The lowest BCUT2D eigenvalue weighted by molar-refractivity contribution is 0.0597. The largest absolute Gasteiger partial charge is 0.491 e. The summed E-state index contributed by atoms with van der Waals surface area (Å²) in [5.74, 6) is 1.71. The average Bonchev–Trinajstić information content (AvgIpc) is 3.13. The first-order chi connectivity index (χ1) is 11.5. The molecule has 0 unspecified atom stereocenters. The maximum Gasteiger partial charge on any atom is 0.154 e. The van der Waals surface area contributed by atoms with Gasteiger partial charge in [0.15, 0.2) is 5.76 Å². The highest BCUT2D eigenvalue weighted by atomic mass is 16.5. The van der Waals surface area contributed by atoms with Crippen LogP contribution in [0.5, 0.6) is 5.75 Å². The molecule has 1 aromatic carbocycles. The molecule has 1 N–H and O–H groups in total. The Balaban J connectivity index is 1.55. The van der Waals surface area contributed by atoms with Crippen LogP contribution in [0.25, 0.3) is 0 Å². The Morgan fingerprint density at radius 1 is 1.25 bits per heavy atom. The number of nitrogens with zero attached hydrogens (tertiary/aromatic N) is 2. The summed E-state index contributed by atoms with van der Waals surface area (Å²) in [6.07, 6.45) is 1.62. The van der Waals surface area contributed by atoms with E-state index in [4.69, 9.17) is 9.26 Å². The van der Waals surface area contributed by atoms with Crippen LogP contribution in [-0.2, 0) is 0 Å². The lowest BCUT2D eigenvalue weighted by atomic mass is 10.1. The summed E-state index contributed by atoms with van der Waals surface area (Å²) in [7, 11) is 0. The first-order valence-corrected chi connectivity index (χ1v) is 8.57. The molecule has 3 rings (SSSR count). The van der Waals surface area contributed by atoms with Gasteiger partial charge in [-0.15, -0.1) is 0 Å². The van der Waals surface area contributed by atoms with Gasteiger partial charge in [-0.2, -0.15) is 0 Å². The van der Waals surface area contributed by atoms with Gasteiger partial charge in [-0.25, -0.2) is 0 Å². The summed E-state index contributed by atoms with van der Waals surface area (Å²) in [6.45, 7) is 7.86. The first-order valence-electron chi connectivity index (χ1n) is 8.57. The van der Waals surface area contributed by atoms with E-state index >= 15 is 0 Å². The van der Waals surface area contributed by atoms with E-state index in [0.717, 1.165) is 36.6 Å². The van der Waals surface area contributed by atoms with Gasteiger partial charge in [0.25, 0.3) is 0 Å². The molecule has 0 radical (unpaired) electrons. The van der Waals surface area contributed by atoms with Crippen molar-refractivity contribution in [1.82, 2.24) is 10.1 Å². The van der Waals surface area contributed by atoms with Crippen molar-refractivity contribution in [1.29, 1.82) is 0 Å². The quantitative estimate of drug-likeness (QED) is 0.881. The van der Waals surface area contributed by atoms with Crippen LogP contribution in [-0.4, -0.2) is 41.0 Å². The summed E-state index contributed by atoms with van der Waals surface area (Å²) in [4.78, 5) is 2.26. The average molecular weight is 330 g/mol. The standard InChI is InChI=1S/C19H26N2O3/c1-13-7-14(2)9-17(8-13)23-12-16(22)11-21-6-4-5-18(21)19-10-15(3)20-24-19/h7-10,16,18,22H,4-6,11-12H2,1-3H3/t16-,18+/m1/s1. The fraction of sp³-hybridized carbons (Fsp3) is 0.526. The van der Waals surface area contributed by atoms with E-state index in [2.05, 4.69) is 16.1 Å². The number of β-amino-alcohol motifs (C(OH)–C–C–N with tert-alkyl or cyclic N) is 1. The molecule has 0 aliphatic carbocycles. The third kappa shape index (κ3) is 4.16. The van der Waals surface area contributed by atoms with Crippen LogP contribution < -0.4 is 4.74 Å². The van der Waals surface area contributed by atoms with Gasteiger partial charge in [-0.05, 0) is 63.4 Å². The minimum atomic E-state index is -0.532. The molecule has 1 fully saturated rings. The highest BCUT2D eigenvalue weighted by Gasteiger charge is 2.30. The highest BCUT2D eigenvalue weighted by Crippen LogP contribution is 2.32. The molecular weight excluding hydrogens is 304 g/mol. The Morgan fingerprint density at radius 2 is 2.00 bits per heavy atom. The van der Waals surface area contributed by atoms with Crippen LogP contribution in [0.2, 0.25) is 0 Å². The van der Waals surface area contributed by atoms with Gasteiger partial charge in [-0.3, -0.25) is 4.90 Å². The Morgan fingerprint density at radius 3 is 2.67 bits per heavy atom. The van der Waals surface area contributed by atoms with Crippen molar-refractivity contribution in [3.63, 3.8) is 0 Å². The number of benzene rings is 1. The lowest BCUT2D eigenvalue weighted by Crippen LogP contribution is -2.35. The molecule has 1 aromatic heterocycles.